The third-order valence-electron chi connectivity index (χ3n) is 6.71. The Labute approximate surface area is 173 Å². The van der Waals surface area contributed by atoms with Gasteiger partial charge in [-0.1, -0.05) is 25.7 Å². The number of hydrogen-bond acceptors (Lipinski definition) is 4. The number of rotatable bonds is 7. The highest BCUT2D eigenvalue weighted by molar-refractivity contribution is 7.13. The number of hydrogen-bond donors (Lipinski definition) is 1. The van der Waals surface area contributed by atoms with Crippen LogP contribution in [0.1, 0.15) is 77.0 Å². The number of amides is 2. The van der Waals surface area contributed by atoms with E-state index in [-0.39, 0.29) is 6.03 Å². The number of ether oxygens (including phenoxy) is 1. The summed E-state index contributed by atoms with van der Waals surface area (Å²) in [5.74, 6) is 1.52. The maximum absolute atomic E-state index is 13.2. The van der Waals surface area contributed by atoms with Crippen molar-refractivity contribution >= 4 is 22.5 Å². The Morgan fingerprint density at radius 3 is 2.14 bits per heavy atom. The average Bonchev–Trinajstić information content (AvgIpc) is 3.45. The molecule has 0 aliphatic heterocycles. The van der Waals surface area contributed by atoms with Crippen molar-refractivity contribution in [2.75, 3.05) is 18.5 Å². The fourth-order valence-electron chi connectivity index (χ4n) is 4.88. The van der Waals surface area contributed by atoms with Gasteiger partial charge in [0.15, 0.2) is 5.13 Å². The van der Waals surface area contributed by atoms with Crippen LogP contribution in [-0.4, -0.2) is 41.2 Å². The molecule has 3 aliphatic carbocycles. The van der Waals surface area contributed by atoms with Gasteiger partial charge >= 0.3 is 6.03 Å². The molecule has 1 aromatic rings. The standard InChI is InChI=1S/C22H35N3O2S/c26-22(24-21-23-13-14-28-21)25(19-5-3-1-2-4-6-19)20-11-9-18(10-12-20)16-27-15-17-7-8-17/h13-14,17-20H,1-12,15-16H2,(H,23,24,26). The summed E-state index contributed by atoms with van der Waals surface area (Å²) in [6.45, 7) is 1.88. The molecular weight excluding hydrogens is 370 g/mol. The number of carbonyl (C=O) groups excluding carboxylic acids is 1. The highest BCUT2D eigenvalue weighted by Crippen LogP contribution is 2.34. The number of nitrogens with zero attached hydrogens (tertiary/aromatic N) is 2. The molecule has 1 aromatic heterocycles. The molecule has 5 nitrogen and oxygen atoms in total. The molecule has 0 saturated heterocycles. The second-order valence-electron chi connectivity index (χ2n) is 8.98. The van der Waals surface area contributed by atoms with Gasteiger partial charge in [-0.05, 0) is 63.2 Å². The van der Waals surface area contributed by atoms with Crippen LogP contribution >= 0.6 is 11.3 Å². The monoisotopic (exact) mass is 405 g/mol. The average molecular weight is 406 g/mol. The van der Waals surface area contributed by atoms with E-state index in [0.717, 1.165) is 44.8 Å². The zero-order valence-electron chi connectivity index (χ0n) is 17.0. The van der Waals surface area contributed by atoms with Gasteiger partial charge in [0.1, 0.15) is 0 Å². The lowest BCUT2D eigenvalue weighted by molar-refractivity contribution is 0.0572. The van der Waals surface area contributed by atoms with Crippen molar-refractivity contribution in [2.24, 2.45) is 11.8 Å². The molecule has 1 N–H and O–H groups in total. The minimum Gasteiger partial charge on any atom is -0.381 e. The van der Waals surface area contributed by atoms with Crippen LogP contribution in [0, 0.1) is 11.8 Å². The molecule has 0 bridgehead atoms. The van der Waals surface area contributed by atoms with Gasteiger partial charge in [0.05, 0.1) is 0 Å². The van der Waals surface area contributed by atoms with Crippen molar-refractivity contribution < 1.29 is 9.53 Å². The normalized spacial score (nSPS) is 26.6. The molecular formula is C22H35N3O2S. The SMILES string of the molecule is O=C(Nc1nccs1)N(C1CCCCCC1)C1CCC(COCC2CC2)CC1. The fourth-order valence-corrected chi connectivity index (χ4v) is 5.40. The van der Waals surface area contributed by atoms with Gasteiger partial charge in [-0.15, -0.1) is 11.3 Å². The minimum atomic E-state index is 0.0651. The van der Waals surface area contributed by atoms with Crippen LogP contribution in [0.4, 0.5) is 9.93 Å². The van der Waals surface area contributed by atoms with E-state index in [1.54, 1.807) is 6.20 Å². The number of nitrogens with one attached hydrogen (secondary N) is 1. The minimum absolute atomic E-state index is 0.0651. The van der Waals surface area contributed by atoms with Crippen LogP contribution in [-0.2, 0) is 4.74 Å². The molecule has 3 saturated carbocycles. The van der Waals surface area contributed by atoms with Gasteiger partial charge < -0.3 is 9.64 Å². The molecule has 0 unspecified atom stereocenters. The van der Waals surface area contributed by atoms with Crippen LogP contribution < -0.4 is 5.32 Å². The largest absolute Gasteiger partial charge is 0.381 e. The summed E-state index contributed by atoms with van der Waals surface area (Å²) < 4.78 is 5.94. The Bertz CT molecular complexity index is 589. The first-order valence-electron chi connectivity index (χ1n) is 11.4. The number of anilines is 1. The van der Waals surface area contributed by atoms with Gasteiger partial charge in [0, 0.05) is 36.9 Å². The van der Waals surface area contributed by atoms with E-state index < -0.39 is 0 Å². The number of thiazole rings is 1. The zero-order valence-corrected chi connectivity index (χ0v) is 17.8. The number of aromatic nitrogens is 1. The first kappa shape index (κ1) is 20.1. The molecule has 1 heterocycles. The first-order chi connectivity index (χ1) is 13.8. The third kappa shape index (κ3) is 5.69. The van der Waals surface area contributed by atoms with E-state index in [4.69, 9.17) is 4.74 Å². The van der Waals surface area contributed by atoms with Gasteiger partial charge in [0.25, 0.3) is 0 Å². The van der Waals surface area contributed by atoms with Crippen molar-refractivity contribution in [3.05, 3.63) is 11.6 Å². The van der Waals surface area contributed by atoms with Crippen LogP contribution in [0.15, 0.2) is 11.6 Å². The summed E-state index contributed by atoms with van der Waals surface area (Å²) in [4.78, 5) is 19.7. The summed E-state index contributed by atoms with van der Waals surface area (Å²) in [5.41, 5.74) is 0. The predicted octanol–water partition coefficient (Wildman–Crippen LogP) is 5.69. The van der Waals surface area contributed by atoms with Crippen LogP contribution in [0.2, 0.25) is 0 Å². The third-order valence-corrected chi connectivity index (χ3v) is 7.40. The van der Waals surface area contributed by atoms with E-state index >= 15 is 0 Å². The maximum Gasteiger partial charge on any atom is 0.324 e. The molecule has 0 atom stereocenters. The van der Waals surface area contributed by atoms with E-state index in [2.05, 4.69) is 15.2 Å². The van der Waals surface area contributed by atoms with Crippen molar-refractivity contribution in [3.8, 4) is 0 Å². The molecule has 28 heavy (non-hydrogen) atoms. The summed E-state index contributed by atoms with van der Waals surface area (Å²) in [6.07, 6.45) is 16.5. The highest BCUT2D eigenvalue weighted by Gasteiger charge is 2.34. The van der Waals surface area contributed by atoms with E-state index in [9.17, 15) is 4.79 Å². The molecule has 0 aromatic carbocycles. The smallest absolute Gasteiger partial charge is 0.324 e. The lowest BCUT2D eigenvalue weighted by Crippen LogP contribution is -2.50. The van der Waals surface area contributed by atoms with Crippen LogP contribution in [0.3, 0.4) is 0 Å². The second-order valence-corrected chi connectivity index (χ2v) is 9.87. The van der Waals surface area contributed by atoms with E-state index in [1.165, 1.54) is 62.7 Å². The van der Waals surface area contributed by atoms with Crippen molar-refractivity contribution in [2.45, 2.75) is 89.1 Å². The summed E-state index contributed by atoms with van der Waals surface area (Å²) in [6, 6.07) is 0.813. The van der Waals surface area contributed by atoms with Gasteiger partial charge in [0.2, 0.25) is 0 Å². The molecule has 0 radical (unpaired) electrons. The van der Waals surface area contributed by atoms with Gasteiger partial charge in [-0.2, -0.15) is 0 Å². The summed E-state index contributed by atoms with van der Waals surface area (Å²) in [7, 11) is 0. The molecule has 4 rings (SSSR count). The maximum atomic E-state index is 13.2. The Balaban J connectivity index is 1.34. The quantitative estimate of drug-likeness (QED) is 0.593. The van der Waals surface area contributed by atoms with Crippen molar-refractivity contribution in [3.63, 3.8) is 0 Å². The predicted molar refractivity (Wildman–Crippen MR) is 114 cm³/mol. The van der Waals surface area contributed by atoms with Gasteiger partial charge in [-0.3, -0.25) is 5.32 Å². The van der Waals surface area contributed by atoms with Crippen molar-refractivity contribution in [1.82, 2.24) is 9.88 Å². The Morgan fingerprint density at radius 2 is 1.57 bits per heavy atom. The molecule has 6 heteroatoms. The highest BCUT2D eigenvalue weighted by atomic mass is 32.1. The molecule has 156 valence electrons. The molecule has 3 fully saturated rings. The van der Waals surface area contributed by atoms with E-state index in [0.29, 0.717) is 23.1 Å². The topological polar surface area (TPSA) is 54.5 Å². The lowest BCUT2D eigenvalue weighted by Gasteiger charge is -2.41. The fraction of sp³-hybridized carbons (Fsp3) is 0.818. The number of urea groups is 1. The summed E-state index contributed by atoms with van der Waals surface area (Å²) >= 11 is 1.50. The summed E-state index contributed by atoms with van der Waals surface area (Å²) in [5, 5.41) is 5.70. The van der Waals surface area contributed by atoms with Crippen LogP contribution in [0.5, 0.6) is 0 Å². The van der Waals surface area contributed by atoms with Gasteiger partial charge in [-0.25, -0.2) is 9.78 Å². The van der Waals surface area contributed by atoms with Crippen molar-refractivity contribution in [1.29, 1.82) is 0 Å². The molecule has 3 aliphatic rings. The Hall–Kier alpha value is -1.14. The molecule has 0 spiro atoms. The first-order valence-corrected chi connectivity index (χ1v) is 12.2. The molecule has 2 amide bonds. The van der Waals surface area contributed by atoms with Crippen LogP contribution in [0.25, 0.3) is 0 Å². The Morgan fingerprint density at radius 1 is 0.964 bits per heavy atom. The number of carbonyl (C=O) groups is 1. The lowest BCUT2D eigenvalue weighted by atomic mass is 9.85. The Kier molecular flexibility index (Phi) is 7.24. The second kappa shape index (κ2) is 10.1. The zero-order chi connectivity index (χ0) is 19.2. The van der Waals surface area contributed by atoms with E-state index in [1.807, 2.05) is 5.38 Å².